The standard InChI is InChI=1S/C21H45NO10/c1-22-2-4-24-6-8-26-10-12-28-14-16-30-18-20-32-21-19-31-17-15-29-13-11-27-9-7-25-5-3-23/h22-23H,2-21H2,1H3. The van der Waals surface area contributed by atoms with E-state index in [0.717, 1.165) is 6.54 Å². The van der Waals surface area contributed by atoms with E-state index < -0.39 is 0 Å². The summed E-state index contributed by atoms with van der Waals surface area (Å²) < 4.78 is 48.2. The Labute approximate surface area is 192 Å². The van der Waals surface area contributed by atoms with E-state index in [1.165, 1.54) is 0 Å². The van der Waals surface area contributed by atoms with Crippen LogP contribution in [0.25, 0.3) is 0 Å². The molecule has 2 N–H and O–H groups in total. The van der Waals surface area contributed by atoms with Crippen molar-refractivity contribution in [1.29, 1.82) is 0 Å². The highest BCUT2D eigenvalue weighted by molar-refractivity contribution is 4.39. The number of nitrogens with one attached hydrogen (secondary N) is 1. The molecular weight excluding hydrogens is 426 g/mol. The average Bonchev–Trinajstić information content (AvgIpc) is 2.81. The van der Waals surface area contributed by atoms with Gasteiger partial charge in [0.05, 0.1) is 126 Å². The van der Waals surface area contributed by atoms with E-state index in [1.54, 1.807) is 0 Å². The van der Waals surface area contributed by atoms with Crippen molar-refractivity contribution in [1.82, 2.24) is 5.32 Å². The van der Waals surface area contributed by atoms with Crippen molar-refractivity contribution in [3.63, 3.8) is 0 Å². The van der Waals surface area contributed by atoms with Gasteiger partial charge in [-0.05, 0) is 7.05 Å². The maximum atomic E-state index is 8.54. The zero-order valence-electron chi connectivity index (χ0n) is 19.8. The van der Waals surface area contributed by atoms with Gasteiger partial charge in [0.1, 0.15) is 0 Å². The van der Waals surface area contributed by atoms with Gasteiger partial charge in [-0.3, -0.25) is 0 Å². The molecule has 0 aliphatic carbocycles. The lowest BCUT2D eigenvalue weighted by Gasteiger charge is -2.08. The Balaban J connectivity index is 2.98. The van der Waals surface area contributed by atoms with Crippen molar-refractivity contribution in [3.05, 3.63) is 0 Å². The second-order valence-corrected chi connectivity index (χ2v) is 6.34. The van der Waals surface area contributed by atoms with Crippen LogP contribution >= 0.6 is 0 Å². The average molecular weight is 472 g/mol. The normalized spacial score (nSPS) is 11.4. The van der Waals surface area contributed by atoms with E-state index in [1.807, 2.05) is 7.05 Å². The van der Waals surface area contributed by atoms with Crippen LogP contribution in [0.3, 0.4) is 0 Å². The van der Waals surface area contributed by atoms with Crippen molar-refractivity contribution >= 4 is 0 Å². The van der Waals surface area contributed by atoms with E-state index in [9.17, 15) is 0 Å². The molecule has 0 saturated heterocycles. The molecule has 0 unspecified atom stereocenters. The first-order valence-corrected chi connectivity index (χ1v) is 11.4. The Kier molecular flexibility index (Phi) is 30.1. The first kappa shape index (κ1) is 31.6. The van der Waals surface area contributed by atoms with Gasteiger partial charge in [0.15, 0.2) is 0 Å². The maximum absolute atomic E-state index is 8.54. The predicted molar refractivity (Wildman–Crippen MR) is 118 cm³/mol. The number of aliphatic hydroxyl groups is 1. The molecule has 0 aliphatic heterocycles. The molecule has 0 aromatic heterocycles. The molecule has 0 rings (SSSR count). The third-order valence-corrected chi connectivity index (χ3v) is 3.71. The number of ether oxygens (including phenoxy) is 9. The van der Waals surface area contributed by atoms with Crippen LogP contribution in [0, 0.1) is 0 Å². The quantitative estimate of drug-likeness (QED) is 0.136. The van der Waals surface area contributed by atoms with Crippen molar-refractivity contribution in [3.8, 4) is 0 Å². The summed E-state index contributed by atoms with van der Waals surface area (Å²) >= 11 is 0. The van der Waals surface area contributed by atoms with Gasteiger partial charge < -0.3 is 53.1 Å². The first-order valence-electron chi connectivity index (χ1n) is 11.4. The molecule has 0 amide bonds. The molecule has 194 valence electrons. The minimum absolute atomic E-state index is 0.0312. The molecular formula is C21H45NO10. The summed E-state index contributed by atoms with van der Waals surface area (Å²) in [5, 5.41) is 11.6. The second kappa shape index (κ2) is 30.6. The van der Waals surface area contributed by atoms with Gasteiger partial charge in [-0.2, -0.15) is 0 Å². The minimum atomic E-state index is 0.0312. The lowest BCUT2D eigenvalue weighted by atomic mass is 10.6. The van der Waals surface area contributed by atoms with E-state index in [4.69, 9.17) is 47.7 Å². The summed E-state index contributed by atoms with van der Waals surface area (Å²) in [4.78, 5) is 0. The zero-order chi connectivity index (χ0) is 23.2. The number of likely N-dealkylation sites (N-methyl/N-ethyl adjacent to an activating group) is 1. The highest BCUT2D eigenvalue weighted by Gasteiger charge is 1.95. The van der Waals surface area contributed by atoms with Gasteiger partial charge in [-0.15, -0.1) is 0 Å². The third kappa shape index (κ3) is 29.6. The maximum Gasteiger partial charge on any atom is 0.0701 e. The number of hydrogen-bond donors (Lipinski definition) is 2. The molecule has 0 spiro atoms. The summed E-state index contributed by atoms with van der Waals surface area (Å²) in [5.41, 5.74) is 0. The van der Waals surface area contributed by atoms with Crippen LogP contribution in [0.15, 0.2) is 0 Å². The molecule has 0 fully saturated rings. The van der Waals surface area contributed by atoms with Gasteiger partial charge in [-0.25, -0.2) is 0 Å². The summed E-state index contributed by atoms with van der Waals surface area (Å²) in [7, 11) is 1.89. The van der Waals surface area contributed by atoms with Gasteiger partial charge in [0.25, 0.3) is 0 Å². The molecule has 11 heteroatoms. The van der Waals surface area contributed by atoms with Crippen LogP contribution in [0.5, 0.6) is 0 Å². The van der Waals surface area contributed by atoms with Crippen LogP contribution in [0.1, 0.15) is 0 Å². The Morgan fingerprint density at radius 3 is 0.812 bits per heavy atom. The Bertz CT molecular complexity index is 299. The monoisotopic (exact) mass is 471 g/mol. The summed E-state index contributed by atoms with van der Waals surface area (Å²) in [6, 6.07) is 0. The minimum Gasteiger partial charge on any atom is -0.394 e. The highest BCUT2D eigenvalue weighted by atomic mass is 16.6. The van der Waals surface area contributed by atoms with Gasteiger partial charge in [0, 0.05) is 6.54 Å². The molecule has 0 atom stereocenters. The van der Waals surface area contributed by atoms with E-state index >= 15 is 0 Å². The molecule has 0 saturated carbocycles. The number of rotatable bonds is 29. The smallest absolute Gasteiger partial charge is 0.0701 e. The SMILES string of the molecule is CNCCOCCOCCOCCOCCOCCOCCOCCOCCOCCO. The van der Waals surface area contributed by atoms with E-state index in [-0.39, 0.29) is 6.61 Å². The lowest BCUT2D eigenvalue weighted by Crippen LogP contribution is -2.17. The van der Waals surface area contributed by atoms with Crippen molar-refractivity contribution < 1.29 is 47.7 Å². The molecule has 0 aliphatic rings. The first-order chi connectivity index (χ1) is 15.9. The second-order valence-electron chi connectivity index (χ2n) is 6.34. The lowest BCUT2D eigenvalue weighted by molar-refractivity contribution is -0.0254. The molecule has 0 heterocycles. The fourth-order valence-electron chi connectivity index (χ4n) is 2.10. The van der Waals surface area contributed by atoms with Crippen LogP contribution < -0.4 is 5.32 Å². The van der Waals surface area contributed by atoms with Crippen molar-refractivity contribution in [2.24, 2.45) is 0 Å². The molecule has 0 aromatic carbocycles. The molecule has 0 bridgehead atoms. The fraction of sp³-hybridized carbons (Fsp3) is 1.00. The fourth-order valence-corrected chi connectivity index (χ4v) is 2.10. The molecule has 11 nitrogen and oxygen atoms in total. The highest BCUT2D eigenvalue weighted by Crippen LogP contribution is 1.86. The Morgan fingerprint density at radius 2 is 0.594 bits per heavy atom. The van der Waals surface area contributed by atoms with Crippen molar-refractivity contribution in [2.45, 2.75) is 0 Å². The number of aliphatic hydroxyl groups excluding tert-OH is 1. The molecule has 0 aromatic rings. The predicted octanol–water partition coefficient (Wildman–Crippen LogP) is -0.652. The largest absolute Gasteiger partial charge is 0.394 e. The number of hydrogen-bond acceptors (Lipinski definition) is 11. The van der Waals surface area contributed by atoms with Crippen molar-refractivity contribution in [2.75, 3.05) is 139 Å². The Hall–Kier alpha value is -0.440. The zero-order valence-corrected chi connectivity index (χ0v) is 19.8. The topological polar surface area (TPSA) is 115 Å². The van der Waals surface area contributed by atoms with E-state index in [2.05, 4.69) is 5.32 Å². The van der Waals surface area contributed by atoms with Gasteiger partial charge >= 0.3 is 0 Å². The van der Waals surface area contributed by atoms with Crippen LogP contribution in [-0.2, 0) is 42.6 Å². The summed E-state index contributed by atoms with van der Waals surface area (Å²) in [6.45, 7) is 10.4. The molecule has 0 radical (unpaired) electrons. The summed E-state index contributed by atoms with van der Waals surface area (Å²) in [5.74, 6) is 0. The third-order valence-electron chi connectivity index (χ3n) is 3.71. The Morgan fingerprint density at radius 1 is 0.375 bits per heavy atom. The van der Waals surface area contributed by atoms with Gasteiger partial charge in [-0.1, -0.05) is 0 Å². The summed E-state index contributed by atoms with van der Waals surface area (Å²) in [6.07, 6.45) is 0. The van der Waals surface area contributed by atoms with Crippen LogP contribution in [0.2, 0.25) is 0 Å². The van der Waals surface area contributed by atoms with Crippen LogP contribution in [-0.4, -0.2) is 144 Å². The molecule has 32 heavy (non-hydrogen) atoms. The van der Waals surface area contributed by atoms with Crippen LogP contribution in [0.4, 0.5) is 0 Å². The van der Waals surface area contributed by atoms with E-state index in [0.29, 0.717) is 119 Å². The van der Waals surface area contributed by atoms with Gasteiger partial charge in [0.2, 0.25) is 0 Å².